The Morgan fingerprint density at radius 3 is 2.50 bits per heavy atom. The van der Waals surface area contributed by atoms with Crippen LogP contribution in [0.2, 0.25) is 0 Å². The Hall–Kier alpha value is -1.32. The molecule has 2 N–H and O–H groups in total. The third kappa shape index (κ3) is 2.13. The van der Waals surface area contributed by atoms with Crippen LogP contribution in [0.15, 0.2) is 42.5 Å². The third-order valence-electron chi connectivity index (χ3n) is 1.80. The van der Waals surface area contributed by atoms with Gasteiger partial charge in [0.05, 0.1) is 6.61 Å². The van der Waals surface area contributed by atoms with E-state index in [4.69, 9.17) is 5.11 Å². The van der Waals surface area contributed by atoms with Crippen molar-refractivity contribution in [2.75, 3.05) is 0 Å². The van der Waals surface area contributed by atoms with Gasteiger partial charge >= 0.3 is 5.06 Å². The molecule has 72 valence electrons. The second-order valence-corrected chi connectivity index (χ2v) is 3.99. The Balaban J connectivity index is 2.11. The average molecular weight is 207 g/mol. The molecule has 3 heteroatoms. The molecule has 0 unspecified atom stereocenters. The molecule has 0 aliphatic rings. The molecule has 0 fully saturated rings. The summed E-state index contributed by atoms with van der Waals surface area (Å²) >= 11 is 1.51. The highest BCUT2D eigenvalue weighted by Gasteiger charge is 2.05. The van der Waals surface area contributed by atoms with E-state index in [0.717, 1.165) is 15.7 Å². The number of ether oxygens (including phenoxy) is 1. The number of rotatable bonds is 3. The molecule has 0 saturated heterocycles. The standard InChI is InChI=1S/C11H10O2S/c12-8-10-6-7-11(14-10)13-9-4-2-1-3-5-9/h1-7,12H,8H2/p+1. The summed E-state index contributed by atoms with van der Waals surface area (Å²) < 4.78 is 4.42. The van der Waals surface area contributed by atoms with Gasteiger partial charge in [-0.2, -0.15) is 0 Å². The molecule has 1 aromatic carbocycles. The Kier molecular flexibility index (Phi) is 2.81. The highest BCUT2D eigenvalue weighted by molar-refractivity contribution is 7.13. The van der Waals surface area contributed by atoms with E-state index in [1.54, 1.807) is 0 Å². The highest BCUT2D eigenvalue weighted by atomic mass is 32.1. The van der Waals surface area contributed by atoms with Crippen molar-refractivity contribution in [3.8, 4) is 10.8 Å². The maximum atomic E-state index is 8.89. The van der Waals surface area contributed by atoms with E-state index in [2.05, 4.69) is 4.74 Å². The molecule has 14 heavy (non-hydrogen) atoms. The van der Waals surface area contributed by atoms with Crippen molar-refractivity contribution in [1.29, 1.82) is 0 Å². The molecule has 1 heterocycles. The number of para-hydroxylation sites is 1. The topological polar surface area (TPSA) is 33.0 Å². The molecule has 2 rings (SSSR count). The van der Waals surface area contributed by atoms with Crippen LogP contribution in [-0.2, 0) is 6.61 Å². The predicted octanol–water partition coefficient (Wildman–Crippen LogP) is 2.90. The molecular weight excluding hydrogens is 196 g/mol. The zero-order valence-corrected chi connectivity index (χ0v) is 8.37. The summed E-state index contributed by atoms with van der Waals surface area (Å²) in [4.78, 5) is 0.944. The zero-order valence-electron chi connectivity index (χ0n) is 7.55. The van der Waals surface area contributed by atoms with Gasteiger partial charge in [0.15, 0.2) is 0 Å². The van der Waals surface area contributed by atoms with E-state index >= 15 is 0 Å². The Morgan fingerprint density at radius 2 is 1.86 bits per heavy atom. The molecule has 1 aromatic heterocycles. The van der Waals surface area contributed by atoms with Crippen LogP contribution in [0.3, 0.4) is 0 Å². The maximum Gasteiger partial charge on any atom is 0.320 e. The number of hydrogen-bond acceptors (Lipinski definition) is 2. The van der Waals surface area contributed by atoms with Gasteiger partial charge in [0, 0.05) is 23.1 Å². The van der Waals surface area contributed by atoms with Gasteiger partial charge < -0.3 is 9.84 Å². The van der Waals surface area contributed by atoms with Gasteiger partial charge in [-0.1, -0.05) is 18.2 Å². The minimum Gasteiger partial charge on any atom is -0.538 e. The summed E-state index contributed by atoms with van der Waals surface area (Å²) in [5, 5.41) is 9.82. The lowest BCUT2D eigenvalue weighted by Crippen LogP contribution is -1.73. The Morgan fingerprint density at radius 1 is 1.07 bits per heavy atom. The summed E-state index contributed by atoms with van der Waals surface area (Å²) in [6, 6.07) is 13.6. The summed E-state index contributed by atoms with van der Waals surface area (Å²) in [5.41, 5.74) is 0. The second kappa shape index (κ2) is 4.26. The number of thiophene rings is 1. The van der Waals surface area contributed by atoms with E-state index in [-0.39, 0.29) is 6.61 Å². The van der Waals surface area contributed by atoms with Crippen LogP contribution in [0.25, 0.3) is 0 Å². The van der Waals surface area contributed by atoms with Crippen LogP contribution in [0.4, 0.5) is 0 Å². The fourth-order valence-corrected chi connectivity index (χ4v) is 1.90. The van der Waals surface area contributed by atoms with Gasteiger partial charge in [0.25, 0.3) is 5.75 Å². The first-order chi connectivity index (χ1) is 6.88. The van der Waals surface area contributed by atoms with Crippen LogP contribution in [0.1, 0.15) is 4.88 Å². The van der Waals surface area contributed by atoms with Gasteiger partial charge in [-0.3, -0.25) is 0 Å². The molecule has 0 saturated carbocycles. The van der Waals surface area contributed by atoms with E-state index in [9.17, 15) is 0 Å². The molecule has 0 atom stereocenters. The number of benzene rings is 1. The van der Waals surface area contributed by atoms with Gasteiger partial charge in [0.1, 0.15) is 0 Å². The van der Waals surface area contributed by atoms with Crippen molar-refractivity contribution in [1.82, 2.24) is 0 Å². The average Bonchev–Trinajstić information content (AvgIpc) is 2.67. The summed E-state index contributed by atoms with van der Waals surface area (Å²) in [6.45, 7) is 0.0922. The van der Waals surface area contributed by atoms with E-state index in [0.29, 0.717) is 0 Å². The zero-order chi connectivity index (χ0) is 9.80. The Bertz CT molecular complexity index is 395. The minimum absolute atomic E-state index is 0.0922. The fraction of sp³-hybridized carbons (Fsp3) is 0.0909. The first kappa shape index (κ1) is 9.24. The van der Waals surface area contributed by atoms with E-state index < -0.39 is 0 Å². The number of aliphatic hydroxyl groups excluding tert-OH is 1. The predicted molar refractivity (Wildman–Crippen MR) is 57.8 cm³/mol. The molecule has 2 aromatic rings. The number of hydrogen-bond donors (Lipinski definition) is 1. The Labute approximate surface area is 86.4 Å². The van der Waals surface area contributed by atoms with Crippen LogP contribution >= 0.6 is 11.3 Å². The van der Waals surface area contributed by atoms with Gasteiger partial charge in [-0.25, -0.2) is 0 Å². The molecule has 0 bridgehead atoms. The second-order valence-electron chi connectivity index (χ2n) is 2.85. The van der Waals surface area contributed by atoms with Gasteiger partial charge in [-0.05, 0) is 17.4 Å². The number of aromatic hydroxyl groups is 2. The van der Waals surface area contributed by atoms with E-state index in [1.165, 1.54) is 11.3 Å². The summed E-state index contributed by atoms with van der Waals surface area (Å²) in [5.74, 6) is 0.943. The lowest BCUT2D eigenvalue weighted by atomic mass is 10.3. The SMILES string of the molecule is OCc1ccc([OH+]c2ccccc2)s1. The largest absolute Gasteiger partial charge is 0.538 e. The van der Waals surface area contributed by atoms with Gasteiger partial charge in [-0.15, -0.1) is 0 Å². The van der Waals surface area contributed by atoms with Crippen LogP contribution in [0, 0.1) is 0 Å². The molecule has 0 spiro atoms. The fourth-order valence-electron chi connectivity index (χ4n) is 1.14. The monoisotopic (exact) mass is 207 g/mol. The molecule has 2 nitrogen and oxygen atoms in total. The molecule has 0 amide bonds. The lowest BCUT2D eigenvalue weighted by molar-refractivity contribution is 0.208. The van der Waals surface area contributed by atoms with Gasteiger partial charge in [0.2, 0.25) is 0 Å². The molecular formula is C11H11O2S+. The first-order valence-electron chi connectivity index (χ1n) is 4.35. The van der Waals surface area contributed by atoms with Crippen molar-refractivity contribution < 1.29 is 9.84 Å². The van der Waals surface area contributed by atoms with E-state index in [1.807, 2.05) is 42.5 Å². The molecule has 0 aliphatic carbocycles. The third-order valence-corrected chi connectivity index (χ3v) is 2.76. The summed E-state index contributed by atoms with van der Waals surface area (Å²) in [6.07, 6.45) is 0. The van der Waals surface area contributed by atoms with Crippen molar-refractivity contribution in [3.05, 3.63) is 47.3 Å². The van der Waals surface area contributed by atoms with Crippen molar-refractivity contribution in [2.24, 2.45) is 0 Å². The maximum absolute atomic E-state index is 8.89. The smallest absolute Gasteiger partial charge is 0.320 e. The van der Waals surface area contributed by atoms with Crippen LogP contribution in [0.5, 0.6) is 10.8 Å². The van der Waals surface area contributed by atoms with Crippen LogP contribution in [-0.4, -0.2) is 9.84 Å². The highest BCUT2D eigenvalue weighted by Crippen LogP contribution is 2.30. The molecule has 0 radical (unpaired) electrons. The van der Waals surface area contributed by atoms with Crippen molar-refractivity contribution in [2.45, 2.75) is 6.61 Å². The number of aliphatic hydroxyl groups is 1. The summed E-state index contributed by atoms with van der Waals surface area (Å²) in [7, 11) is 0. The molecule has 0 aliphatic heterocycles. The van der Waals surface area contributed by atoms with Crippen molar-refractivity contribution >= 4 is 11.3 Å². The first-order valence-corrected chi connectivity index (χ1v) is 5.16. The van der Waals surface area contributed by atoms with Crippen LogP contribution < -0.4 is 0 Å². The normalized spacial score (nSPS) is 10.1. The van der Waals surface area contributed by atoms with Crippen molar-refractivity contribution in [3.63, 3.8) is 0 Å². The quantitative estimate of drug-likeness (QED) is 0.771. The lowest BCUT2D eigenvalue weighted by Gasteiger charge is -1.97. The minimum atomic E-state index is 0.0922.